The molecule has 1 rings (SSSR count). The Hall–Kier alpha value is -0.500. The average Bonchev–Trinajstić information content (AvgIpc) is 2.94. The molecule has 7 heteroatoms. The number of hydrogen-bond donors (Lipinski definition) is 2. The zero-order chi connectivity index (χ0) is 15.2. The first-order valence-corrected chi connectivity index (χ1v) is 9.42. The minimum absolute atomic E-state index is 0.0427. The predicted octanol–water partition coefficient (Wildman–Crippen LogP) is 2.20. The highest BCUT2D eigenvalue weighted by atomic mass is 32.2. The van der Waals surface area contributed by atoms with Crippen molar-refractivity contribution in [3.8, 4) is 0 Å². The van der Waals surface area contributed by atoms with E-state index in [0.717, 1.165) is 19.4 Å². The van der Waals surface area contributed by atoms with E-state index in [-0.39, 0.29) is 9.84 Å². The standard InChI is InChI=1S/C13H24N2O3S2/c1-5-13(6-2,19-4)10-15-9-11-7-8-12(18-11)20(16,17)14-3/h7-8,14-15H,5-6,9-10H2,1-4H3. The quantitative estimate of drug-likeness (QED) is 0.730. The van der Waals surface area contributed by atoms with Crippen LogP contribution in [0.25, 0.3) is 0 Å². The molecular formula is C13H24N2O3S2. The third kappa shape index (κ3) is 4.25. The lowest BCUT2D eigenvalue weighted by atomic mass is 10.0. The van der Waals surface area contributed by atoms with Crippen molar-refractivity contribution in [2.75, 3.05) is 19.8 Å². The highest BCUT2D eigenvalue weighted by molar-refractivity contribution is 8.00. The van der Waals surface area contributed by atoms with Crippen molar-refractivity contribution in [2.45, 2.75) is 43.1 Å². The van der Waals surface area contributed by atoms with Crippen molar-refractivity contribution in [3.63, 3.8) is 0 Å². The van der Waals surface area contributed by atoms with Crippen molar-refractivity contribution in [3.05, 3.63) is 17.9 Å². The molecule has 5 nitrogen and oxygen atoms in total. The molecule has 0 bridgehead atoms. The van der Waals surface area contributed by atoms with Crippen LogP contribution in [0.2, 0.25) is 0 Å². The number of furan rings is 1. The summed E-state index contributed by atoms with van der Waals surface area (Å²) in [5, 5.41) is 3.31. The Bertz CT molecular complexity index is 499. The van der Waals surface area contributed by atoms with Gasteiger partial charge in [-0.1, -0.05) is 13.8 Å². The summed E-state index contributed by atoms with van der Waals surface area (Å²) in [6.45, 7) is 5.77. The first-order chi connectivity index (χ1) is 9.43. The van der Waals surface area contributed by atoms with E-state index >= 15 is 0 Å². The third-order valence-corrected chi connectivity index (χ3v) is 6.51. The second kappa shape index (κ2) is 7.49. The lowest BCUT2D eigenvalue weighted by Crippen LogP contribution is -2.36. The minimum Gasteiger partial charge on any atom is -0.447 e. The van der Waals surface area contributed by atoms with Gasteiger partial charge in [-0.15, -0.1) is 0 Å². The molecule has 0 aliphatic heterocycles. The minimum atomic E-state index is -3.49. The Balaban J connectivity index is 2.59. The van der Waals surface area contributed by atoms with Gasteiger partial charge in [-0.25, -0.2) is 13.1 Å². The van der Waals surface area contributed by atoms with Gasteiger partial charge in [0, 0.05) is 11.3 Å². The topological polar surface area (TPSA) is 71.3 Å². The summed E-state index contributed by atoms with van der Waals surface area (Å²) >= 11 is 1.87. The normalized spacial score (nSPS) is 12.8. The van der Waals surface area contributed by atoms with E-state index in [2.05, 4.69) is 30.1 Å². The van der Waals surface area contributed by atoms with E-state index in [9.17, 15) is 8.42 Å². The van der Waals surface area contributed by atoms with Gasteiger partial charge >= 0.3 is 0 Å². The van der Waals surface area contributed by atoms with E-state index in [1.165, 1.54) is 13.1 Å². The van der Waals surface area contributed by atoms with Gasteiger partial charge in [0.15, 0.2) is 0 Å². The van der Waals surface area contributed by atoms with Crippen LogP contribution in [0.3, 0.4) is 0 Å². The molecule has 1 aromatic heterocycles. The average molecular weight is 320 g/mol. The lowest BCUT2D eigenvalue weighted by molar-refractivity contribution is 0.392. The molecule has 1 aromatic rings. The van der Waals surface area contributed by atoms with E-state index in [4.69, 9.17) is 4.42 Å². The van der Waals surface area contributed by atoms with Crippen molar-refractivity contribution in [1.29, 1.82) is 0 Å². The predicted molar refractivity (Wildman–Crippen MR) is 83.5 cm³/mol. The Kier molecular flexibility index (Phi) is 6.57. The molecule has 0 aliphatic carbocycles. The van der Waals surface area contributed by atoms with Crippen LogP contribution in [-0.4, -0.2) is 33.0 Å². The first-order valence-electron chi connectivity index (χ1n) is 6.71. The fraction of sp³-hybridized carbons (Fsp3) is 0.692. The molecule has 0 atom stereocenters. The molecule has 20 heavy (non-hydrogen) atoms. The third-order valence-electron chi connectivity index (χ3n) is 3.64. The number of sulfonamides is 1. The summed E-state index contributed by atoms with van der Waals surface area (Å²) in [5.41, 5.74) is 0. The molecule has 0 spiro atoms. The lowest BCUT2D eigenvalue weighted by Gasteiger charge is -2.29. The smallest absolute Gasteiger partial charge is 0.273 e. The van der Waals surface area contributed by atoms with Crippen molar-refractivity contribution < 1.29 is 12.8 Å². The zero-order valence-electron chi connectivity index (χ0n) is 12.5. The van der Waals surface area contributed by atoms with Crippen LogP contribution in [0.4, 0.5) is 0 Å². The summed E-state index contributed by atoms with van der Waals surface area (Å²) < 4.78 is 30.9. The largest absolute Gasteiger partial charge is 0.447 e. The van der Waals surface area contributed by atoms with Crippen LogP contribution in [0.15, 0.2) is 21.6 Å². The molecule has 0 aromatic carbocycles. The molecule has 116 valence electrons. The van der Waals surface area contributed by atoms with Gasteiger partial charge in [-0.3, -0.25) is 0 Å². The molecule has 1 heterocycles. The maximum Gasteiger partial charge on any atom is 0.273 e. The highest BCUT2D eigenvalue weighted by Crippen LogP contribution is 2.29. The Morgan fingerprint density at radius 1 is 1.30 bits per heavy atom. The highest BCUT2D eigenvalue weighted by Gasteiger charge is 2.24. The van der Waals surface area contributed by atoms with Crippen LogP contribution in [0.1, 0.15) is 32.4 Å². The fourth-order valence-electron chi connectivity index (χ4n) is 1.97. The van der Waals surface area contributed by atoms with Gasteiger partial charge in [-0.2, -0.15) is 11.8 Å². The van der Waals surface area contributed by atoms with Gasteiger partial charge in [0.25, 0.3) is 10.0 Å². The first kappa shape index (κ1) is 17.6. The van der Waals surface area contributed by atoms with E-state index in [0.29, 0.717) is 12.3 Å². The molecular weight excluding hydrogens is 296 g/mol. The summed E-state index contributed by atoms with van der Waals surface area (Å²) in [5.74, 6) is 0.626. The van der Waals surface area contributed by atoms with Gasteiger partial charge < -0.3 is 9.73 Å². The number of rotatable bonds is 9. The molecule has 0 saturated carbocycles. The molecule has 2 N–H and O–H groups in total. The van der Waals surface area contributed by atoms with Gasteiger partial charge in [-0.05, 0) is 38.3 Å². The van der Waals surface area contributed by atoms with Crippen LogP contribution in [-0.2, 0) is 16.6 Å². The number of hydrogen-bond acceptors (Lipinski definition) is 5. The van der Waals surface area contributed by atoms with E-state index < -0.39 is 10.0 Å². The van der Waals surface area contributed by atoms with Crippen LogP contribution < -0.4 is 10.0 Å². The SMILES string of the molecule is CCC(CC)(CNCc1ccc(S(=O)(=O)NC)o1)SC. The van der Waals surface area contributed by atoms with Crippen molar-refractivity contribution >= 4 is 21.8 Å². The second-order valence-corrected chi connectivity index (χ2v) is 7.72. The zero-order valence-corrected chi connectivity index (χ0v) is 14.2. The Morgan fingerprint density at radius 3 is 2.45 bits per heavy atom. The monoisotopic (exact) mass is 320 g/mol. The summed E-state index contributed by atoms with van der Waals surface area (Å²) in [6, 6.07) is 3.17. The molecule has 0 unspecified atom stereocenters. The number of thioether (sulfide) groups is 1. The second-order valence-electron chi connectivity index (χ2n) is 4.63. The summed E-state index contributed by atoms with van der Waals surface area (Å²) in [4.78, 5) is 0. The summed E-state index contributed by atoms with van der Waals surface area (Å²) in [6.07, 6.45) is 4.31. The fourth-order valence-corrected chi connectivity index (χ4v) is 3.46. The number of nitrogens with one attached hydrogen (secondary N) is 2. The van der Waals surface area contributed by atoms with Crippen molar-refractivity contribution in [1.82, 2.24) is 10.0 Å². The summed E-state index contributed by atoms with van der Waals surface area (Å²) in [7, 11) is -2.13. The van der Waals surface area contributed by atoms with Crippen LogP contribution in [0, 0.1) is 0 Å². The maximum absolute atomic E-state index is 11.6. The maximum atomic E-state index is 11.6. The Morgan fingerprint density at radius 2 is 1.95 bits per heavy atom. The van der Waals surface area contributed by atoms with E-state index in [1.54, 1.807) is 6.07 Å². The molecule has 0 amide bonds. The van der Waals surface area contributed by atoms with Gasteiger partial charge in [0.2, 0.25) is 5.09 Å². The molecule has 0 radical (unpaired) electrons. The van der Waals surface area contributed by atoms with Gasteiger partial charge in [0.05, 0.1) is 6.54 Å². The van der Waals surface area contributed by atoms with Gasteiger partial charge in [0.1, 0.15) is 5.76 Å². The molecule has 0 fully saturated rings. The van der Waals surface area contributed by atoms with Crippen LogP contribution in [0.5, 0.6) is 0 Å². The van der Waals surface area contributed by atoms with Crippen molar-refractivity contribution in [2.24, 2.45) is 0 Å². The Labute approximate surface area is 125 Å². The molecule has 0 aliphatic rings. The molecule has 0 saturated heterocycles. The van der Waals surface area contributed by atoms with E-state index in [1.807, 2.05) is 11.8 Å². The van der Waals surface area contributed by atoms with Crippen LogP contribution >= 0.6 is 11.8 Å².